The van der Waals surface area contributed by atoms with Crippen molar-refractivity contribution >= 4 is 23.1 Å². The van der Waals surface area contributed by atoms with Gasteiger partial charge in [-0.15, -0.1) is 0 Å². The maximum Gasteiger partial charge on any atom is 0.164 e. The molecule has 3 aromatic heterocycles. The van der Waals surface area contributed by atoms with Gasteiger partial charge in [0.25, 0.3) is 0 Å². The van der Waals surface area contributed by atoms with Gasteiger partial charge in [-0.1, -0.05) is 37.8 Å². The second-order valence-corrected chi connectivity index (χ2v) is 7.25. The van der Waals surface area contributed by atoms with Crippen LogP contribution in [0.2, 0.25) is 0 Å². The largest absolute Gasteiger partial charge is 0.357 e. The number of nitrogens with zero attached hydrogens (tertiary/aromatic N) is 5. The molecule has 0 saturated carbocycles. The van der Waals surface area contributed by atoms with Gasteiger partial charge in [0, 0.05) is 19.3 Å². The highest BCUT2D eigenvalue weighted by atomic mass is 15.2. The van der Waals surface area contributed by atoms with Gasteiger partial charge in [-0.05, 0) is 55.5 Å². The Labute approximate surface area is 172 Å². The lowest BCUT2D eigenvalue weighted by molar-refractivity contribution is 0.933. The molecule has 4 heterocycles. The molecule has 29 heavy (non-hydrogen) atoms. The summed E-state index contributed by atoms with van der Waals surface area (Å²) < 4.78 is 1.82. The highest BCUT2D eigenvalue weighted by molar-refractivity contribution is 5.78. The number of anilines is 1. The van der Waals surface area contributed by atoms with Gasteiger partial charge in [-0.2, -0.15) is 5.10 Å². The van der Waals surface area contributed by atoms with Crippen LogP contribution in [0.15, 0.2) is 55.4 Å². The van der Waals surface area contributed by atoms with Crippen molar-refractivity contribution in [3.63, 3.8) is 0 Å². The van der Waals surface area contributed by atoms with E-state index in [-0.39, 0.29) is 0 Å². The minimum Gasteiger partial charge on any atom is -0.357 e. The zero-order valence-corrected chi connectivity index (χ0v) is 17.2. The van der Waals surface area contributed by atoms with E-state index in [1.54, 1.807) is 0 Å². The third-order valence-electron chi connectivity index (χ3n) is 5.34. The highest BCUT2D eigenvalue weighted by Crippen LogP contribution is 2.28. The lowest BCUT2D eigenvalue weighted by Crippen LogP contribution is -2.19. The van der Waals surface area contributed by atoms with Crippen LogP contribution in [0.4, 0.5) is 5.82 Å². The predicted octanol–water partition coefficient (Wildman–Crippen LogP) is 5.40. The van der Waals surface area contributed by atoms with Crippen molar-refractivity contribution in [2.45, 2.75) is 33.1 Å². The van der Waals surface area contributed by atoms with Crippen LogP contribution in [0.3, 0.4) is 0 Å². The summed E-state index contributed by atoms with van der Waals surface area (Å²) in [6.45, 7) is 10.2. The molecule has 1 aliphatic rings. The Hall–Kier alpha value is -3.21. The van der Waals surface area contributed by atoms with Crippen molar-refractivity contribution in [2.24, 2.45) is 0 Å². The van der Waals surface area contributed by atoms with Crippen molar-refractivity contribution in [3.05, 3.63) is 66.7 Å². The SMILES string of the molecule is C=Cc1cc(-c2cnn3ccc(/C(=C/C=C\C)CC)nc23)nc(N2CCCC2)c1. The van der Waals surface area contributed by atoms with Crippen LogP contribution in [0.5, 0.6) is 0 Å². The number of allylic oxidation sites excluding steroid dienone is 4. The number of pyridine rings is 1. The summed E-state index contributed by atoms with van der Waals surface area (Å²) in [5.74, 6) is 1.01. The van der Waals surface area contributed by atoms with Gasteiger partial charge in [0.2, 0.25) is 0 Å². The summed E-state index contributed by atoms with van der Waals surface area (Å²) in [7, 11) is 0. The highest BCUT2D eigenvalue weighted by Gasteiger charge is 2.17. The van der Waals surface area contributed by atoms with Crippen molar-refractivity contribution in [3.8, 4) is 11.3 Å². The Kier molecular flexibility index (Phi) is 5.56. The van der Waals surface area contributed by atoms with Gasteiger partial charge in [0.05, 0.1) is 23.1 Å². The zero-order valence-electron chi connectivity index (χ0n) is 17.2. The van der Waals surface area contributed by atoms with E-state index >= 15 is 0 Å². The monoisotopic (exact) mass is 385 g/mol. The summed E-state index contributed by atoms with van der Waals surface area (Å²) in [4.78, 5) is 12.2. The average Bonchev–Trinajstić information content (AvgIpc) is 3.44. The number of rotatable bonds is 6. The summed E-state index contributed by atoms with van der Waals surface area (Å²) >= 11 is 0. The number of aromatic nitrogens is 4. The second kappa shape index (κ2) is 8.43. The molecular weight excluding hydrogens is 358 g/mol. The fourth-order valence-corrected chi connectivity index (χ4v) is 3.73. The molecule has 0 bridgehead atoms. The fourth-order valence-electron chi connectivity index (χ4n) is 3.73. The van der Waals surface area contributed by atoms with Crippen molar-refractivity contribution < 1.29 is 0 Å². The Morgan fingerprint density at radius 1 is 1.21 bits per heavy atom. The van der Waals surface area contributed by atoms with Gasteiger partial charge in [-0.3, -0.25) is 0 Å². The van der Waals surface area contributed by atoms with Crippen LogP contribution >= 0.6 is 0 Å². The van der Waals surface area contributed by atoms with Crippen LogP contribution in [0, 0.1) is 0 Å². The number of hydrogen-bond acceptors (Lipinski definition) is 4. The van der Waals surface area contributed by atoms with E-state index in [0.717, 1.165) is 53.5 Å². The molecule has 0 N–H and O–H groups in total. The van der Waals surface area contributed by atoms with Crippen LogP contribution in [0.1, 0.15) is 44.4 Å². The minimum atomic E-state index is 0.823. The molecule has 148 valence electrons. The summed E-state index contributed by atoms with van der Waals surface area (Å²) in [6.07, 6.45) is 15.3. The van der Waals surface area contributed by atoms with Gasteiger partial charge in [-0.25, -0.2) is 14.5 Å². The Balaban J connectivity index is 1.82. The summed E-state index contributed by atoms with van der Waals surface area (Å²) in [5, 5.41) is 4.51. The molecule has 3 aromatic rings. The van der Waals surface area contributed by atoms with E-state index in [1.807, 2.05) is 42.1 Å². The van der Waals surface area contributed by atoms with Crippen molar-refractivity contribution in [2.75, 3.05) is 18.0 Å². The van der Waals surface area contributed by atoms with Crippen molar-refractivity contribution in [1.82, 2.24) is 19.6 Å². The molecule has 0 aliphatic carbocycles. The Morgan fingerprint density at radius 2 is 2.03 bits per heavy atom. The molecule has 1 aliphatic heterocycles. The fraction of sp³-hybridized carbons (Fsp3) is 0.292. The lowest BCUT2D eigenvalue weighted by atomic mass is 10.1. The first-order valence-corrected chi connectivity index (χ1v) is 10.3. The molecular formula is C24H27N5. The van der Waals surface area contributed by atoms with E-state index in [4.69, 9.17) is 9.97 Å². The van der Waals surface area contributed by atoms with E-state index in [2.05, 4.69) is 47.8 Å². The Morgan fingerprint density at radius 3 is 2.76 bits per heavy atom. The summed E-state index contributed by atoms with van der Waals surface area (Å²) in [6, 6.07) is 6.20. The smallest absolute Gasteiger partial charge is 0.164 e. The first kappa shape index (κ1) is 19.1. The molecule has 0 radical (unpaired) electrons. The average molecular weight is 386 g/mol. The topological polar surface area (TPSA) is 46.3 Å². The van der Waals surface area contributed by atoms with Crippen LogP contribution in [0.25, 0.3) is 28.6 Å². The Bertz CT molecular complexity index is 1080. The van der Waals surface area contributed by atoms with E-state index in [9.17, 15) is 0 Å². The predicted molar refractivity (Wildman–Crippen MR) is 121 cm³/mol. The molecule has 0 aromatic carbocycles. The van der Waals surface area contributed by atoms with Crippen LogP contribution < -0.4 is 4.90 Å². The maximum atomic E-state index is 4.96. The minimum absolute atomic E-state index is 0.823. The zero-order chi connectivity index (χ0) is 20.2. The molecule has 0 amide bonds. The molecule has 1 saturated heterocycles. The standard InChI is InChI=1S/C24H27N5/c1-4-7-10-19(6-3)21-11-14-29-24(27-21)20(17-25-29)22-15-18(5-2)16-23(26-22)28-12-8-9-13-28/h4-5,7,10-11,14-17H,2,6,8-9,12-13H2,1,3H3/b7-4-,19-10+. The first-order chi connectivity index (χ1) is 14.2. The van der Waals surface area contributed by atoms with Gasteiger partial charge >= 0.3 is 0 Å². The van der Waals surface area contributed by atoms with Crippen LogP contribution in [-0.4, -0.2) is 32.7 Å². The van der Waals surface area contributed by atoms with Gasteiger partial charge in [0.15, 0.2) is 5.65 Å². The second-order valence-electron chi connectivity index (χ2n) is 7.25. The molecule has 5 heteroatoms. The van der Waals surface area contributed by atoms with Gasteiger partial charge in [0.1, 0.15) is 5.82 Å². The molecule has 0 atom stereocenters. The molecule has 1 fully saturated rings. The number of fused-ring (bicyclic) bond motifs is 1. The van der Waals surface area contributed by atoms with Gasteiger partial charge < -0.3 is 4.90 Å². The van der Waals surface area contributed by atoms with E-state index < -0.39 is 0 Å². The summed E-state index contributed by atoms with van der Waals surface area (Å²) in [5.41, 5.74) is 5.89. The number of hydrogen-bond donors (Lipinski definition) is 0. The normalized spacial score (nSPS) is 15.0. The lowest BCUT2D eigenvalue weighted by Gasteiger charge is -2.18. The van der Waals surface area contributed by atoms with E-state index in [0.29, 0.717) is 0 Å². The van der Waals surface area contributed by atoms with E-state index in [1.165, 1.54) is 18.4 Å². The van der Waals surface area contributed by atoms with Crippen molar-refractivity contribution in [1.29, 1.82) is 0 Å². The van der Waals surface area contributed by atoms with Crippen LogP contribution in [-0.2, 0) is 0 Å². The third kappa shape index (κ3) is 3.86. The molecule has 5 nitrogen and oxygen atoms in total. The quantitative estimate of drug-likeness (QED) is 0.533. The molecule has 0 unspecified atom stereocenters. The molecule has 0 spiro atoms. The maximum absolute atomic E-state index is 4.96. The molecule has 4 rings (SSSR count). The first-order valence-electron chi connectivity index (χ1n) is 10.3. The third-order valence-corrected chi connectivity index (χ3v) is 5.34.